The van der Waals surface area contributed by atoms with Crippen molar-refractivity contribution >= 4 is 41.1 Å². The third-order valence-corrected chi connectivity index (χ3v) is 4.59. The molecule has 0 fully saturated rings. The summed E-state index contributed by atoms with van der Waals surface area (Å²) in [6, 6.07) is 18.5. The Morgan fingerprint density at radius 2 is 2.00 bits per heavy atom. The Balaban J connectivity index is 1.59. The molecule has 3 rings (SSSR count). The van der Waals surface area contributed by atoms with Crippen LogP contribution in [0.1, 0.15) is 28.6 Å². The van der Waals surface area contributed by atoms with Crippen LogP contribution in [0.5, 0.6) is 0 Å². The number of thiocarbonyl (C=S) groups is 1. The number of benzene rings is 2. The Bertz CT molecular complexity index is 1050. The van der Waals surface area contributed by atoms with Crippen LogP contribution in [-0.4, -0.2) is 23.9 Å². The molecule has 8 heteroatoms. The maximum atomic E-state index is 12.0. The minimum Gasteiger partial charge on any atom is -0.462 e. The highest BCUT2D eigenvalue weighted by atomic mass is 35.5. The van der Waals surface area contributed by atoms with Crippen LogP contribution in [0, 0.1) is 0 Å². The number of rotatable bonds is 7. The lowest BCUT2D eigenvalue weighted by atomic mass is 10.1. The molecular formula is C22H20ClN3O3S. The minimum absolute atomic E-state index is 0.274. The van der Waals surface area contributed by atoms with Gasteiger partial charge in [-0.15, -0.1) is 0 Å². The Hall–Kier alpha value is -3.16. The molecule has 1 aromatic heterocycles. The van der Waals surface area contributed by atoms with Crippen LogP contribution in [0.15, 0.2) is 70.2 Å². The Labute approximate surface area is 184 Å². The fraction of sp³-hybridized carbons (Fsp3) is 0.136. The molecule has 0 aliphatic rings. The summed E-state index contributed by atoms with van der Waals surface area (Å²) in [4.78, 5) is 12.0. The SMILES string of the molecule is CCOC(=O)c1cc(-c2ccc(/C=N\NC(=S)NCc3ccccc3)o2)ccc1Cl. The molecule has 0 unspecified atom stereocenters. The van der Waals surface area contributed by atoms with Gasteiger partial charge in [0.05, 0.1) is 23.4 Å². The van der Waals surface area contributed by atoms with E-state index in [1.165, 1.54) is 6.21 Å². The number of hydrazone groups is 1. The highest BCUT2D eigenvalue weighted by Crippen LogP contribution is 2.27. The van der Waals surface area contributed by atoms with Crippen molar-refractivity contribution in [3.63, 3.8) is 0 Å². The second kappa shape index (κ2) is 10.6. The number of carbonyl (C=O) groups excluding carboxylic acids is 1. The average Bonchev–Trinajstić information content (AvgIpc) is 3.22. The Morgan fingerprint density at radius 3 is 2.77 bits per heavy atom. The van der Waals surface area contributed by atoms with Crippen LogP contribution in [0.2, 0.25) is 5.02 Å². The van der Waals surface area contributed by atoms with Crippen LogP contribution < -0.4 is 10.7 Å². The van der Waals surface area contributed by atoms with Gasteiger partial charge in [0.1, 0.15) is 11.5 Å². The number of esters is 1. The summed E-state index contributed by atoms with van der Waals surface area (Å²) in [5, 5.41) is 7.87. The van der Waals surface area contributed by atoms with E-state index in [2.05, 4.69) is 15.8 Å². The molecule has 6 nitrogen and oxygen atoms in total. The van der Waals surface area contributed by atoms with Gasteiger partial charge in [0, 0.05) is 12.1 Å². The van der Waals surface area contributed by atoms with E-state index in [1.807, 2.05) is 30.3 Å². The molecular weight excluding hydrogens is 422 g/mol. The summed E-state index contributed by atoms with van der Waals surface area (Å²) in [7, 11) is 0. The normalized spacial score (nSPS) is 10.7. The van der Waals surface area contributed by atoms with Gasteiger partial charge in [0.2, 0.25) is 0 Å². The van der Waals surface area contributed by atoms with E-state index in [0.717, 1.165) is 5.56 Å². The van der Waals surface area contributed by atoms with Crippen molar-refractivity contribution in [3.8, 4) is 11.3 Å². The smallest absolute Gasteiger partial charge is 0.339 e. The highest BCUT2D eigenvalue weighted by molar-refractivity contribution is 7.80. The number of halogens is 1. The van der Waals surface area contributed by atoms with Crippen molar-refractivity contribution < 1.29 is 13.9 Å². The van der Waals surface area contributed by atoms with Crippen LogP contribution in [0.25, 0.3) is 11.3 Å². The Morgan fingerprint density at radius 1 is 1.20 bits per heavy atom. The fourth-order valence-electron chi connectivity index (χ4n) is 2.59. The van der Waals surface area contributed by atoms with Gasteiger partial charge in [-0.3, -0.25) is 5.43 Å². The quantitative estimate of drug-likeness (QED) is 0.238. The van der Waals surface area contributed by atoms with Crippen molar-refractivity contribution in [1.82, 2.24) is 10.7 Å². The molecule has 3 aromatic rings. The van der Waals surface area contributed by atoms with Crippen molar-refractivity contribution in [3.05, 3.63) is 82.6 Å². The average molecular weight is 442 g/mol. The van der Waals surface area contributed by atoms with Crippen LogP contribution in [0.3, 0.4) is 0 Å². The van der Waals surface area contributed by atoms with Gasteiger partial charge in [-0.2, -0.15) is 5.10 Å². The Kier molecular flexibility index (Phi) is 7.59. The summed E-state index contributed by atoms with van der Waals surface area (Å²) < 4.78 is 10.8. The zero-order valence-corrected chi connectivity index (χ0v) is 17.8. The molecule has 0 saturated heterocycles. The molecule has 0 aliphatic heterocycles. The monoisotopic (exact) mass is 441 g/mol. The first-order chi connectivity index (χ1) is 14.6. The maximum absolute atomic E-state index is 12.0. The highest BCUT2D eigenvalue weighted by Gasteiger charge is 2.14. The molecule has 0 saturated carbocycles. The van der Waals surface area contributed by atoms with Gasteiger partial charge < -0.3 is 14.5 Å². The lowest BCUT2D eigenvalue weighted by Gasteiger charge is -2.06. The van der Waals surface area contributed by atoms with E-state index in [1.54, 1.807) is 37.3 Å². The predicted octanol–water partition coefficient (Wildman–Crippen LogP) is 4.77. The molecule has 0 atom stereocenters. The number of nitrogens with zero attached hydrogens (tertiary/aromatic N) is 1. The van der Waals surface area contributed by atoms with Gasteiger partial charge in [-0.25, -0.2) is 4.79 Å². The van der Waals surface area contributed by atoms with Gasteiger partial charge in [-0.1, -0.05) is 41.9 Å². The zero-order valence-electron chi connectivity index (χ0n) is 16.2. The van der Waals surface area contributed by atoms with Crippen LogP contribution >= 0.6 is 23.8 Å². The van der Waals surface area contributed by atoms with Crippen LogP contribution in [-0.2, 0) is 11.3 Å². The maximum Gasteiger partial charge on any atom is 0.339 e. The van der Waals surface area contributed by atoms with Gasteiger partial charge in [-0.05, 0) is 55.0 Å². The first kappa shape index (κ1) is 21.5. The third kappa shape index (κ3) is 5.92. The molecule has 0 radical (unpaired) electrons. The summed E-state index contributed by atoms with van der Waals surface area (Å²) in [5.74, 6) is 0.623. The van der Waals surface area contributed by atoms with Crippen molar-refractivity contribution in [2.45, 2.75) is 13.5 Å². The second-order valence-corrected chi connectivity index (χ2v) is 6.97. The van der Waals surface area contributed by atoms with E-state index in [-0.39, 0.29) is 6.61 Å². The third-order valence-electron chi connectivity index (χ3n) is 4.03. The largest absolute Gasteiger partial charge is 0.462 e. The standard InChI is InChI=1S/C22H20ClN3O3S/c1-2-28-21(27)18-12-16(8-10-19(18)23)20-11-9-17(29-20)14-25-26-22(30)24-13-15-6-4-3-5-7-15/h3-12,14H,2,13H2,1H3,(H2,24,26,30)/b25-14-. The summed E-state index contributed by atoms with van der Waals surface area (Å²) >= 11 is 11.3. The molecule has 0 aliphatic carbocycles. The first-order valence-corrected chi connectivity index (χ1v) is 10.0. The van der Waals surface area contributed by atoms with Gasteiger partial charge in [0.15, 0.2) is 5.11 Å². The van der Waals surface area contributed by atoms with E-state index in [9.17, 15) is 4.79 Å². The zero-order chi connectivity index (χ0) is 21.3. The predicted molar refractivity (Wildman–Crippen MR) is 122 cm³/mol. The number of carbonyl (C=O) groups is 1. The van der Waals surface area contributed by atoms with Crippen LogP contribution in [0.4, 0.5) is 0 Å². The number of hydrogen-bond donors (Lipinski definition) is 2. The van der Waals surface area contributed by atoms with Crippen molar-refractivity contribution in [2.75, 3.05) is 6.61 Å². The number of hydrogen-bond acceptors (Lipinski definition) is 5. The fourth-order valence-corrected chi connectivity index (χ4v) is 2.91. The van der Waals surface area contributed by atoms with Crippen molar-refractivity contribution in [1.29, 1.82) is 0 Å². The second-order valence-electron chi connectivity index (χ2n) is 6.16. The lowest BCUT2D eigenvalue weighted by molar-refractivity contribution is 0.0526. The van der Waals surface area contributed by atoms with E-state index < -0.39 is 5.97 Å². The van der Waals surface area contributed by atoms with Gasteiger partial charge >= 0.3 is 5.97 Å². The number of furan rings is 1. The van der Waals surface area contributed by atoms with E-state index in [0.29, 0.717) is 39.3 Å². The molecule has 0 spiro atoms. The van der Waals surface area contributed by atoms with Crippen molar-refractivity contribution in [2.24, 2.45) is 5.10 Å². The summed E-state index contributed by atoms with van der Waals surface area (Å²) in [6.45, 7) is 2.62. The van der Waals surface area contributed by atoms with E-state index >= 15 is 0 Å². The molecule has 2 aromatic carbocycles. The minimum atomic E-state index is -0.474. The molecule has 0 bridgehead atoms. The van der Waals surface area contributed by atoms with E-state index in [4.69, 9.17) is 33.0 Å². The summed E-state index contributed by atoms with van der Waals surface area (Å²) in [5.41, 5.74) is 4.86. The molecule has 2 N–H and O–H groups in total. The number of nitrogens with one attached hydrogen (secondary N) is 2. The lowest BCUT2D eigenvalue weighted by Crippen LogP contribution is -2.31. The van der Waals surface area contributed by atoms with Gasteiger partial charge in [0.25, 0.3) is 0 Å². The first-order valence-electron chi connectivity index (χ1n) is 9.24. The molecule has 1 heterocycles. The molecule has 0 amide bonds. The number of ether oxygens (including phenoxy) is 1. The topological polar surface area (TPSA) is 75.9 Å². The summed E-state index contributed by atoms with van der Waals surface area (Å²) in [6.07, 6.45) is 1.52. The molecule has 30 heavy (non-hydrogen) atoms. The molecule has 154 valence electrons.